The van der Waals surface area contributed by atoms with Crippen molar-refractivity contribution in [2.45, 2.75) is 31.1 Å². The number of carbonyl (C=O) groups is 2. The van der Waals surface area contributed by atoms with Gasteiger partial charge in [0.2, 0.25) is 0 Å². The number of hydrogen-bond acceptors (Lipinski definition) is 2. The zero-order chi connectivity index (χ0) is 12.4. The van der Waals surface area contributed by atoms with Gasteiger partial charge in [0.25, 0.3) is 0 Å². The van der Waals surface area contributed by atoms with E-state index in [4.69, 9.17) is 10.2 Å². The van der Waals surface area contributed by atoms with Gasteiger partial charge in [-0.1, -0.05) is 24.3 Å². The Morgan fingerprint density at radius 1 is 1.18 bits per heavy atom. The number of carboxylic acids is 2. The van der Waals surface area contributed by atoms with Crippen LogP contribution in [0, 0.1) is 0 Å². The Bertz CT molecular complexity index is 431. The first-order chi connectivity index (χ1) is 8.08. The van der Waals surface area contributed by atoms with Crippen LogP contribution in [-0.4, -0.2) is 22.2 Å². The van der Waals surface area contributed by atoms with E-state index in [9.17, 15) is 9.59 Å². The van der Waals surface area contributed by atoms with Crippen LogP contribution in [0.3, 0.4) is 0 Å². The molecule has 1 aromatic rings. The minimum Gasteiger partial charge on any atom is -0.481 e. The minimum atomic E-state index is -1.09. The lowest BCUT2D eigenvalue weighted by molar-refractivity contribution is -0.145. The van der Waals surface area contributed by atoms with E-state index in [2.05, 4.69) is 0 Å². The van der Waals surface area contributed by atoms with E-state index >= 15 is 0 Å². The van der Waals surface area contributed by atoms with Gasteiger partial charge in [0.05, 0.1) is 12.3 Å². The van der Waals surface area contributed by atoms with Crippen molar-refractivity contribution in [2.24, 2.45) is 0 Å². The summed E-state index contributed by atoms with van der Waals surface area (Å²) in [4.78, 5) is 21.6. The molecule has 1 saturated carbocycles. The quantitative estimate of drug-likeness (QED) is 0.819. The SMILES string of the molecule is O=C(O)CC(C(=O)O)c1ccc(C2CC2)cc1. The molecule has 4 nitrogen and oxygen atoms in total. The third-order valence-electron chi connectivity index (χ3n) is 3.06. The first-order valence-corrected chi connectivity index (χ1v) is 5.62. The second kappa shape index (κ2) is 4.57. The van der Waals surface area contributed by atoms with Gasteiger partial charge < -0.3 is 10.2 Å². The van der Waals surface area contributed by atoms with Crippen molar-refractivity contribution in [3.05, 3.63) is 35.4 Å². The maximum atomic E-state index is 11.0. The van der Waals surface area contributed by atoms with Crippen LogP contribution < -0.4 is 0 Å². The molecule has 1 fully saturated rings. The van der Waals surface area contributed by atoms with E-state index < -0.39 is 17.9 Å². The Balaban J connectivity index is 2.17. The van der Waals surface area contributed by atoms with Gasteiger partial charge in [-0.2, -0.15) is 0 Å². The summed E-state index contributed by atoms with van der Waals surface area (Å²) >= 11 is 0. The predicted octanol–water partition coefficient (Wildman–Crippen LogP) is 2.21. The number of benzene rings is 1. The average molecular weight is 234 g/mol. The van der Waals surface area contributed by atoms with Crippen LogP contribution in [0.1, 0.15) is 42.2 Å². The third kappa shape index (κ3) is 2.84. The van der Waals surface area contributed by atoms with Crippen LogP contribution in [0.15, 0.2) is 24.3 Å². The summed E-state index contributed by atoms with van der Waals surface area (Å²) in [6, 6.07) is 7.28. The molecule has 0 aliphatic heterocycles. The van der Waals surface area contributed by atoms with Crippen molar-refractivity contribution >= 4 is 11.9 Å². The van der Waals surface area contributed by atoms with Gasteiger partial charge in [-0.05, 0) is 29.9 Å². The molecule has 0 aromatic heterocycles. The Hall–Kier alpha value is -1.84. The summed E-state index contributed by atoms with van der Waals surface area (Å²) in [5, 5.41) is 17.7. The van der Waals surface area contributed by atoms with Crippen molar-refractivity contribution in [3.8, 4) is 0 Å². The molecule has 1 aromatic carbocycles. The lowest BCUT2D eigenvalue weighted by Crippen LogP contribution is -2.15. The molecule has 17 heavy (non-hydrogen) atoms. The van der Waals surface area contributed by atoms with Crippen molar-refractivity contribution < 1.29 is 19.8 Å². The van der Waals surface area contributed by atoms with Gasteiger partial charge in [-0.15, -0.1) is 0 Å². The molecule has 0 bridgehead atoms. The van der Waals surface area contributed by atoms with E-state index in [1.54, 1.807) is 12.1 Å². The standard InChI is InChI=1S/C13H14O4/c14-12(15)7-11(13(16)17)10-5-3-9(4-6-10)8-1-2-8/h3-6,8,11H,1-2,7H2,(H,14,15)(H,16,17). The number of carboxylic acid groups (broad SMARTS) is 2. The second-order valence-electron chi connectivity index (χ2n) is 4.43. The van der Waals surface area contributed by atoms with Crippen LogP contribution in [0.2, 0.25) is 0 Å². The molecule has 0 heterocycles. The lowest BCUT2D eigenvalue weighted by atomic mass is 9.94. The summed E-state index contributed by atoms with van der Waals surface area (Å²) in [5.74, 6) is -2.53. The number of rotatable bonds is 5. The highest BCUT2D eigenvalue weighted by Gasteiger charge is 2.25. The molecule has 1 aliphatic rings. The zero-order valence-corrected chi connectivity index (χ0v) is 9.30. The molecule has 90 valence electrons. The number of hydrogen-bond donors (Lipinski definition) is 2. The summed E-state index contributed by atoms with van der Waals surface area (Å²) in [5.41, 5.74) is 1.78. The molecule has 0 radical (unpaired) electrons. The van der Waals surface area contributed by atoms with Gasteiger partial charge in [-0.25, -0.2) is 0 Å². The van der Waals surface area contributed by atoms with Crippen molar-refractivity contribution in [3.63, 3.8) is 0 Å². The molecule has 1 aliphatic carbocycles. The summed E-state index contributed by atoms with van der Waals surface area (Å²) < 4.78 is 0. The topological polar surface area (TPSA) is 74.6 Å². The van der Waals surface area contributed by atoms with Crippen LogP contribution in [0.4, 0.5) is 0 Å². The molecular formula is C13H14O4. The fourth-order valence-corrected chi connectivity index (χ4v) is 1.94. The molecule has 0 saturated heterocycles. The smallest absolute Gasteiger partial charge is 0.311 e. The van der Waals surface area contributed by atoms with Gasteiger partial charge in [0, 0.05) is 0 Å². The fraction of sp³-hybridized carbons (Fsp3) is 0.385. The highest BCUT2D eigenvalue weighted by atomic mass is 16.4. The molecule has 1 atom stereocenters. The summed E-state index contributed by atoms with van der Waals surface area (Å²) in [6.45, 7) is 0. The molecule has 1 unspecified atom stereocenters. The van der Waals surface area contributed by atoms with E-state index in [0.29, 0.717) is 11.5 Å². The zero-order valence-electron chi connectivity index (χ0n) is 9.30. The third-order valence-corrected chi connectivity index (χ3v) is 3.06. The van der Waals surface area contributed by atoms with E-state index in [-0.39, 0.29) is 6.42 Å². The normalized spacial score (nSPS) is 16.5. The van der Waals surface area contributed by atoms with Gasteiger partial charge in [0.1, 0.15) is 0 Å². The molecule has 0 spiro atoms. The molecule has 2 N–H and O–H groups in total. The molecule has 4 heteroatoms. The van der Waals surface area contributed by atoms with Crippen LogP contribution in [0.25, 0.3) is 0 Å². The maximum Gasteiger partial charge on any atom is 0.311 e. The van der Waals surface area contributed by atoms with Gasteiger partial charge >= 0.3 is 11.9 Å². The predicted molar refractivity (Wildman–Crippen MR) is 61.0 cm³/mol. The van der Waals surface area contributed by atoms with Gasteiger partial charge in [-0.3, -0.25) is 9.59 Å². The largest absolute Gasteiger partial charge is 0.481 e. The Labute approximate surface area is 98.9 Å². The highest BCUT2D eigenvalue weighted by molar-refractivity contribution is 5.82. The van der Waals surface area contributed by atoms with Crippen LogP contribution >= 0.6 is 0 Å². The molecular weight excluding hydrogens is 220 g/mol. The summed E-state index contributed by atoms with van der Waals surface area (Å²) in [7, 11) is 0. The van der Waals surface area contributed by atoms with E-state index in [1.807, 2.05) is 12.1 Å². The van der Waals surface area contributed by atoms with E-state index in [1.165, 1.54) is 18.4 Å². The fourth-order valence-electron chi connectivity index (χ4n) is 1.94. The van der Waals surface area contributed by atoms with Crippen molar-refractivity contribution in [1.29, 1.82) is 0 Å². The Morgan fingerprint density at radius 2 is 1.76 bits per heavy atom. The second-order valence-corrected chi connectivity index (χ2v) is 4.43. The lowest BCUT2D eigenvalue weighted by Gasteiger charge is -2.10. The Kier molecular flexibility index (Phi) is 3.13. The monoisotopic (exact) mass is 234 g/mol. The van der Waals surface area contributed by atoms with Crippen molar-refractivity contribution in [1.82, 2.24) is 0 Å². The maximum absolute atomic E-state index is 11.0. The minimum absolute atomic E-state index is 0.377. The highest BCUT2D eigenvalue weighted by Crippen LogP contribution is 2.40. The van der Waals surface area contributed by atoms with Crippen molar-refractivity contribution in [2.75, 3.05) is 0 Å². The first-order valence-electron chi connectivity index (χ1n) is 5.62. The Morgan fingerprint density at radius 3 is 2.18 bits per heavy atom. The summed E-state index contributed by atoms with van der Waals surface area (Å²) in [6.07, 6.45) is 2.01. The first kappa shape index (κ1) is 11.6. The van der Waals surface area contributed by atoms with Crippen LogP contribution in [0.5, 0.6) is 0 Å². The number of aliphatic carboxylic acids is 2. The molecule has 0 amide bonds. The van der Waals surface area contributed by atoms with E-state index in [0.717, 1.165) is 0 Å². The van der Waals surface area contributed by atoms with Crippen LogP contribution in [-0.2, 0) is 9.59 Å². The molecule has 2 rings (SSSR count). The van der Waals surface area contributed by atoms with Gasteiger partial charge in [0.15, 0.2) is 0 Å². The average Bonchev–Trinajstić information content (AvgIpc) is 3.09.